The first-order valence-electron chi connectivity index (χ1n) is 6.39. The van der Waals surface area contributed by atoms with E-state index in [-0.39, 0.29) is 11.8 Å². The average molecular weight is 224 g/mol. The smallest absolute Gasteiger partial charge is 0.319 e. The van der Waals surface area contributed by atoms with E-state index in [0.717, 1.165) is 19.3 Å². The number of ketones is 1. The van der Waals surface area contributed by atoms with Gasteiger partial charge in [0.2, 0.25) is 0 Å². The highest BCUT2D eigenvalue weighted by atomic mass is 16.5. The fourth-order valence-corrected chi connectivity index (χ4v) is 2.69. The fourth-order valence-electron chi connectivity index (χ4n) is 2.69. The zero-order chi connectivity index (χ0) is 11.6. The molecule has 0 aliphatic heterocycles. The minimum atomic E-state index is -0.768. The molecule has 2 rings (SSSR count). The Bertz CT molecular complexity index is 294. The highest BCUT2D eigenvalue weighted by Crippen LogP contribution is 2.46. The SMILES string of the molecule is CCOC(=O)C1(CC2CC2)CCCCC1=O. The van der Waals surface area contributed by atoms with E-state index in [1.165, 1.54) is 12.8 Å². The third-order valence-corrected chi connectivity index (χ3v) is 3.79. The van der Waals surface area contributed by atoms with Crippen molar-refractivity contribution in [3.63, 3.8) is 0 Å². The molecule has 16 heavy (non-hydrogen) atoms. The second kappa shape index (κ2) is 4.56. The lowest BCUT2D eigenvalue weighted by molar-refractivity contribution is -0.163. The maximum absolute atomic E-state index is 12.1. The molecule has 2 fully saturated rings. The number of carbonyl (C=O) groups excluding carboxylic acids is 2. The quantitative estimate of drug-likeness (QED) is 0.544. The van der Waals surface area contributed by atoms with Crippen LogP contribution in [0.15, 0.2) is 0 Å². The highest BCUT2D eigenvalue weighted by molar-refractivity contribution is 6.04. The van der Waals surface area contributed by atoms with Gasteiger partial charge >= 0.3 is 5.97 Å². The van der Waals surface area contributed by atoms with Crippen molar-refractivity contribution < 1.29 is 14.3 Å². The number of hydrogen-bond donors (Lipinski definition) is 0. The van der Waals surface area contributed by atoms with E-state index < -0.39 is 5.41 Å². The molecule has 0 spiro atoms. The molecule has 1 unspecified atom stereocenters. The Morgan fingerprint density at radius 1 is 1.44 bits per heavy atom. The molecular formula is C13H20O3. The van der Waals surface area contributed by atoms with Crippen LogP contribution in [0, 0.1) is 11.3 Å². The molecule has 0 saturated heterocycles. The molecule has 0 aromatic carbocycles. The number of hydrogen-bond acceptors (Lipinski definition) is 3. The van der Waals surface area contributed by atoms with E-state index in [9.17, 15) is 9.59 Å². The van der Waals surface area contributed by atoms with Crippen LogP contribution in [0.4, 0.5) is 0 Å². The highest BCUT2D eigenvalue weighted by Gasteiger charge is 2.50. The number of ether oxygens (including phenoxy) is 1. The summed E-state index contributed by atoms with van der Waals surface area (Å²) in [5.74, 6) is 0.460. The first kappa shape index (κ1) is 11.6. The normalized spacial score (nSPS) is 30.2. The van der Waals surface area contributed by atoms with Gasteiger partial charge in [-0.1, -0.05) is 19.3 Å². The van der Waals surface area contributed by atoms with Gasteiger partial charge in [-0.2, -0.15) is 0 Å². The molecule has 0 aromatic rings. The molecule has 0 aromatic heterocycles. The second-order valence-corrected chi connectivity index (χ2v) is 5.08. The number of rotatable bonds is 4. The largest absolute Gasteiger partial charge is 0.465 e. The van der Waals surface area contributed by atoms with Crippen molar-refractivity contribution in [3.05, 3.63) is 0 Å². The Morgan fingerprint density at radius 2 is 2.19 bits per heavy atom. The van der Waals surface area contributed by atoms with E-state index in [1.807, 2.05) is 0 Å². The summed E-state index contributed by atoms with van der Waals surface area (Å²) in [6.45, 7) is 2.18. The summed E-state index contributed by atoms with van der Waals surface area (Å²) in [6, 6.07) is 0. The van der Waals surface area contributed by atoms with Crippen LogP contribution < -0.4 is 0 Å². The lowest BCUT2D eigenvalue weighted by Gasteiger charge is -2.33. The topological polar surface area (TPSA) is 43.4 Å². The third kappa shape index (κ3) is 2.13. The summed E-state index contributed by atoms with van der Waals surface area (Å²) in [5.41, 5.74) is -0.768. The molecule has 0 amide bonds. The summed E-state index contributed by atoms with van der Waals surface area (Å²) in [6.07, 6.45) is 6.28. The first-order valence-corrected chi connectivity index (χ1v) is 6.39. The van der Waals surface area contributed by atoms with Gasteiger partial charge in [-0.25, -0.2) is 0 Å². The van der Waals surface area contributed by atoms with Crippen LogP contribution in [0.25, 0.3) is 0 Å². The van der Waals surface area contributed by atoms with E-state index in [1.54, 1.807) is 6.92 Å². The minimum absolute atomic E-state index is 0.129. The maximum Gasteiger partial charge on any atom is 0.319 e. The van der Waals surface area contributed by atoms with Crippen molar-refractivity contribution in [1.29, 1.82) is 0 Å². The third-order valence-electron chi connectivity index (χ3n) is 3.79. The molecule has 90 valence electrons. The Kier molecular flexibility index (Phi) is 3.31. The van der Waals surface area contributed by atoms with Crippen molar-refractivity contribution in [1.82, 2.24) is 0 Å². The Hall–Kier alpha value is -0.860. The zero-order valence-corrected chi connectivity index (χ0v) is 9.96. The Morgan fingerprint density at radius 3 is 2.75 bits per heavy atom. The molecule has 1 atom stereocenters. The molecule has 3 nitrogen and oxygen atoms in total. The summed E-state index contributed by atoms with van der Waals surface area (Å²) in [5, 5.41) is 0. The maximum atomic E-state index is 12.1. The molecule has 0 radical (unpaired) electrons. The minimum Gasteiger partial charge on any atom is -0.465 e. The molecule has 3 heteroatoms. The van der Waals surface area contributed by atoms with Gasteiger partial charge in [0.25, 0.3) is 0 Å². The summed E-state index contributed by atoms with van der Waals surface area (Å²) >= 11 is 0. The van der Waals surface area contributed by atoms with Gasteiger partial charge in [0.1, 0.15) is 11.2 Å². The zero-order valence-electron chi connectivity index (χ0n) is 9.96. The van der Waals surface area contributed by atoms with Crippen molar-refractivity contribution in [2.24, 2.45) is 11.3 Å². The molecule has 2 saturated carbocycles. The van der Waals surface area contributed by atoms with Crippen molar-refractivity contribution >= 4 is 11.8 Å². The van der Waals surface area contributed by atoms with Crippen LogP contribution in [0.1, 0.15) is 51.9 Å². The first-order chi connectivity index (χ1) is 7.69. The molecule has 2 aliphatic rings. The van der Waals surface area contributed by atoms with Gasteiger partial charge in [0, 0.05) is 6.42 Å². The lowest BCUT2D eigenvalue weighted by Crippen LogP contribution is -2.43. The van der Waals surface area contributed by atoms with Crippen molar-refractivity contribution in [3.8, 4) is 0 Å². The van der Waals surface area contributed by atoms with E-state index in [4.69, 9.17) is 4.74 Å². The standard InChI is InChI=1S/C13H20O3/c1-2-16-12(15)13(9-10-6-7-10)8-4-3-5-11(13)14/h10H,2-9H2,1H3. The molecule has 0 N–H and O–H groups in total. The van der Waals surface area contributed by atoms with Gasteiger partial charge < -0.3 is 4.74 Å². The molecule has 2 aliphatic carbocycles. The van der Waals surface area contributed by atoms with Crippen LogP contribution in [-0.4, -0.2) is 18.4 Å². The molecule has 0 heterocycles. The average Bonchev–Trinajstić information content (AvgIpc) is 3.06. The summed E-state index contributed by atoms with van der Waals surface area (Å²) in [7, 11) is 0. The van der Waals surface area contributed by atoms with Gasteiger partial charge in [-0.05, 0) is 32.1 Å². The van der Waals surface area contributed by atoms with Gasteiger partial charge in [-0.3, -0.25) is 9.59 Å². The lowest BCUT2D eigenvalue weighted by atomic mass is 9.69. The van der Waals surface area contributed by atoms with Gasteiger partial charge in [-0.15, -0.1) is 0 Å². The second-order valence-electron chi connectivity index (χ2n) is 5.08. The van der Waals surface area contributed by atoms with Crippen LogP contribution in [0.5, 0.6) is 0 Å². The summed E-state index contributed by atoms with van der Waals surface area (Å²) < 4.78 is 5.12. The molecule has 0 bridgehead atoms. The van der Waals surface area contributed by atoms with E-state index in [2.05, 4.69) is 0 Å². The fraction of sp³-hybridized carbons (Fsp3) is 0.846. The predicted molar refractivity (Wildman–Crippen MR) is 59.9 cm³/mol. The van der Waals surface area contributed by atoms with Gasteiger partial charge in [0.05, 0.1) is 6.61 Å². The van der Waals surface area contributed by atoms with Crippen LogP contribution >= 0.6 is 0 Å². The molecular weight excluding hydrogens is 204 g/mol. The Labute approximate surface area is 96.5 Å². The van der Waals surface area contributed by atoms with Crippen molar-refractivity contribution in [2.45, 2.75) is 51.9 Å². The van der Waals surface area contributed by atoms with E-state index >= 15 is 0 Å². The van der Waals surface area contributed by atoms with Crippen LogP contribution in [0.2, 0.25) is 0 Å². The van der Waals surface area contributed by atoms with Gasteiger partial charge in [0.15, 0.2) is 0 Å². The van der Waals surface area contributed by atoms with Crippen LogP contribution in [0.3, 0.4) is 0 Å². The predicted octanol–water partition coefficient (Wildman–Crippen LogP) is 2.48. The monoisotopic (exact) mass is 224 g/mol. The van der Waals surface area contributed by atoms with Crippen LogP contribution in [-0.2, 0) is 14.3 Å². The Balaban J connectivity index is 2.15. The number of carbonyl (C=O) groups is 2. The van der Waals surface area contributed by atoms with Crippen molar-refractivity contribution in [2.75, 3.05) is 6.61 Å². The summed E-state index contributed by atoms with van der Waals surface area (Å²) in [4.78, 5) is 24.1. The van der Waals surface area contributed by atoms with E-state index in [0.29, 0.717) is 25.4 Å². The number of esters is 1. The number of Topliss-reactive ketones (excluding diaryl/α,β-unsaturated/α-hetero) is 1.